The van der Waals surface area contributed by atoms with Gasteiger partial charge in [-0.1, -0.05) is 49.4 Å². The molecule has 0 amide bonds. The third kappa shape index (κ3) is 2.25. The first kappa shape index (κ1) is 14.6. The number of benzene rings is 2. The first-order chi connectivity index (χ1) is 12.2. The lowest BCUT2D eigenvalue weighted by molar-refractivity contribution is 0.876. The van der Waals surface area contributed by atoms with E-state index in [1.54, 1.807) is 11.3 Å². The van der Waals surface area contributed by atoms with Crippen LogP contribution in [0, 0.1) is 0 Å². The topological polar surface area (TPSA) is 30.2 Å². The molecule has 0 radical (unpaired) electrons. The first-order valence-electron chi connectivity index (χ1n) is 8.45. The summed E-state index contributed by atoms with van der Waals surface area (Å²) in [5.41, 5.74) is 4.71. The van der Waals surface area contributed by atoms with Gasteiger partial charge < -0.3 is 0 Å². The zero-order valence-corrected chi connectivity index (χ0v) is 14.9. The molecule has 3 nitrogen and oxygen atoms in total. The molecule has 0 bridgehead atoms. The van der Waals surface area contributed by atoms with Crippen LogP contribution in [-0.2, 0) is 0 Å². The summed E-state index contributed by atoms with van der Waals surface area (Å²) in [4.78, 5) is 10.1. The minimum Gasteiger partial charge on any atom is -0.290 e. The van der Waals surface area contributed by atoms with Crippen LogP contribution in [0.1, 0.15) is 25.3 Å². The number of aromatic nitrogens is 3. The molecular formula is C21H17N3S. The van der Waals surface area contributed by atoms with Crippen LogP contribution in [0.2, 0.25) is 0 Å². The van der Waals surface area contributed by atoms with Crippen LogP contribution < -0.4 is 0 Å². The van der Waals surface area contributed by atoms with E-state index >= 15 is 0 Å². The van der Waals surface area contributed by atoms with Crippen LogP contribution in [0.5, 0.6) is 0 Å². The van der Waals surface area contributed by atoms with Gasteiger partial charge in [0.25, 0.3) is 0 Å². The molecule has 0 fully saturated rings. The molecule has 4 heteroatoms. The maximum atomic E-state index is 4.73. The van der Waals surface area contributed by atoms with E-state index in [0.717, 1.165) is 15.4 Å². The molecular weight excluding hydrogens is 326 g/mol. The largest absolute Gasteiger partial charge is 0.290 e. The van der Waals surface area contributed by atoms with Crippen molar-refractivity contribution >= 4 is 37.3 Å². The Morgan fingerprint density at radius 3 is 2.80 bits per heavy atom. The molecule has 0 aliphatic rings. The van der Waals surface area contributed by atoms with Crippen LogP contribution >= 0.6 is 11.3 Å². The van der Waals surface area contributed by atoms with Crippen molar-refractivity contribution in [1.29, 1.82) is 0 Å². The summed E-state index contributed by atoms with van der Waals surface area (Å²) in [5, 5.41) is 2.60. The van der Waals surface area contributed by atoms with E-state index in [1.807, 2.05) is 18.6 Å². The number of nitrogens with zero attached hydrogens (tertiary/aromatic N) is 3. The van der Waals surface area contributed by atoms with Crippen molar-refractivity contribution in [2.75, 3.05) is 0 Å². The summed E-state index contributed by atoms with van der Waals surface area (Å²) < 4.78 is 3.30. The van der Waals surface area contributed by atoms with Gasteiger partial charge in [-0.2, -0.15) is 0 Å². The fraction of sp³-hybridized carbons (Fsp3) is 0.143. The van der Waals surface area contributed by atoms with E-state index in [2.05, 4.69) is 65.7 Å². The SMILES string of the molecule is CC(C)c1cc(-c2cc3c(cn2)sc2nccn23)cc2ccccc12. The van der Waals surface area contributed by atoms with E-state index in [0.29, 0.717) is 5.92 Å². The summed E-state index contributed by atoms with van der Waals surface area (Å²) in [5.74, 6) is 0.468. The Hall–Kier alpha value is -2.72. The number of rotatable bonds is 2. The molecule has 5 aromatic rings. The van der Waals surface area contributed by atoms with Gasteiger partial charge >= 0.3 is 0 Å². The summed E-state index contributed by atoms with van der Waals surface area (Å²) in [7, 11) is 0. The molecule has 5 rings (SSSR count). The van der Waals surface area contributed by atoms with Crippen LogP contribution in [0.4, 0.5) is 0 Å². The molecule has 0 N–H and O–H groups in total. The maximum Gasteiger partial charge on any atom is 0.194 e. The Labute approximate surface area is 149 Å². The molecule has 122 valence electrons. The van der Waals surface area contributed by atoms with E-state index in [-0.39, 0.29) is 0 Å². The molecule has 0 saturated carbocycles. The molecule has 0 atom stereocenters. The number of fused-ring (bicyclic) bond motifs is 4. The number of hydrogen-bond acceptors (Lipinski definition) is 3. The highest BCUT2D eigenvalue weighted by atomic mass is 32.1. The molecule has 3 aromatic heterocycles. The zero-order chi connectivity index (χ0) is 17.0. The van der Waals surface area contributed by atoms with Crippen LogP contribution in [0.3, 0.4) is 0 Å². The number of pyridine rings is 1. The minimum atomic E-state index is 0.468. The molecule has 0 aliphatic heterocycles. The predicted molar refractivity (Wildman–Crippen MR) is 105 cm³/mol. The van der Waals surface area contributed by atoms with Crippen molar-refractivity contribution in [2.45, 2.75) is 19.8 Å². The molecule has 3 heterocycles. The van der Waals surface area contributed by atoms with Crippen molar-refractivity contribution in [1.82, 2.24) is 14.4 Å². The smallest absolute Gasteiger partial charge is 0.194 e. The van der Waals surface area contributed by atoms with Crippen molar-refractivity contribution in [3.63, 3.8) is 0 Å². The van der Waals surface area contributed by atoms with Crippen LogP contribution in [-0.4, -0.2) is 14.4 Å². The van der Waals surface area contributed by atoms with Gasteiger partial charge in [0, 0.05) is 24.2 Å². The summed E-state index contributed by atoms with van der Waals surface area (Å²) in [6.45, 7) is 4.49. The lowest BCUT2D eigenvalue weighted by Crippen LogP contribution is -1.93. The Morgan fingerprint density at radius 1 is 1.04 bits per heavy atom. The summed E-state index contributed by atoms with van der Waals surface area (Å²) >= 11 is 1.67. The standard InChI is InChI=1S/C21H17N3S/c1-13(2)17-10-15(9-14-5-3-4-6-16(14)17)18-11-19-20(12-23-18)25-21-22-7-8-24(19)21/h3-13H,1-2H3. The average molecular weight is 343 g/mol. The van der Waals surface area contributed by atoms with Gasteiger partial charge in [-0.05, 0) is 40.5 Å². The van der Waals surface area contributed by atoms with Gasteiger partial charge in [0.1, 0.15) is 0 Å². The lowest BCUT2D eigenvalue weighted by atomic mass is 9.92. The van der Waals surface area contributed by atoms with E-state index in [9.17, 15) is 0 Å². The number of thiazole rings is 1. The Balaban J connectivity index is 1.78. The van der Waals surface area contributed by atoms with Crippen molar-refractivity contribution in [3.8, 4) is 11.3 Å². The lowest BCUT2D eigenvalue weighted by Gasteiger charge is -2.13. The van der Waals surface area contributed by atoms with Gasteiger partial charge in [0.15, 0.2) is 4.96 Å². The quantitative estimate of drug-likeness (QED) is 0.400. The Morgan fingerprint density at radius 2 is 1.92 bits per heavy atom. The highest BCUT2D eigenvalue weighted by Gasteiger charge is 2.12. The van der Waals surface area contributed by atoms with Crippen LogP contribution in [0.25, 0.3) is 37.2 Å². The van der Waals surface area contributed by atoms with Crippen molar-refractivity contribution in [3.05, 3.63) is 66.6 Å². The number of imidazole rings is 1. The minimum absolute atomic E-state index is 0.468. The fourth-order valence-electron chi connectivity index (χ4n) is 3.47. The van der Waals surface area contributed by atoms with Gasteiger partial charge in [0.05, 0.1) is 15.9 Å². The normalized spacial score (nSPS) is 12.0. The monoisotopic (exact) mass is 343 g/mol. The molecule has 0 saturated heterocycles. The average Bonchev–Trinajstić information content (AvgIpc) is 3.21. The fourth-order valence-corrected chi connectivity index (χ4v) is 4.40. The van der Waals surface area contributed by atoms with E-state index in [1.165, 1.54) is 27.4 Å². The molecule has 0 unspecified atom stereocenters. The van der Waals surface area contributed by atoms with E-state index < -0.39 is 0 Å². The third-order valence-corrected chi connectivity index (χ3v) is 5.75. The molecule has 25 heavy (non-hydrogen) atoms. The summed E-state index contributed by atoms with van der Waals surface area (Å²) in [6, 6.07) is 15.3. The zero-order valence-electron chi connectivity index (χ0n) is 14.1. The van der Waals surface area contributed by atoms with Crippen molar-refractivity contribution < 1.29 is 0 Å². The van der Waals surface area contributed by atoms with E-state index in [4.69, 9.17) is 4.98 Å². The second kappa shape index (κ2) is 5.39. The third-order valence-electron chi connectivity index (χ3n) is 4.73. The second-order valence-corrected chi connectivity index (χ2v) is 7.67. The first-order valence-corrected chi connectivity index (χ1v) is 9.27. The predicted octanol–water partition coefficient (Wildman–Crippen LogP) is 5.89. The Kier molecular flexibility index (Phi) is 3.15. The molecule has 2 aromatic carbocycles. The highest BCUT2D eigenvalue weighted by molar-refractivity contribution is 7.23. The van der Waals surface area contributed by atoms with Crippen molar-refractivity contribution in [2.24, 2.45) is 0 Å². The van der Waals surface area contributed by atoms with Gasteiger partial charge in [-0.25, -0.2) is 4.98 Å². The summed E-state index contributed by atoms with van der Waals surface area (Å²) in [6.07, 6.45) is 5.82. The second-order valence-electron chi connectivity index (χ2n) is 6.66. The molecule has 0 aliphatic carbocycles. The maximum absolute atomic E-state index is 4.73. The molecule has 0 spiro atoms. The highest BCUT2D eigenvalue weighted by Crippen LogP contribution is 2.33. The van der Waals surface area contributed by atoms with Crippen LogP contribution in [0.15, 0.2) is 61.1 Å². The van der Waals surface area contributed by atoms with Gasteiger partial charge in [0.2, 0.25) is 0 Å². The Bertz CT molecular complexity index is 1230. The van der Waals surface area contributed by atoms with Gasteiger partial charge in [-0.3, -0.25) is 9.38 Å². The number of hydrogen-bond donors (Lipinski definition) is 0. The van der Waals surface area contributed by atoms with Gasteiger partial charge in [-0.15, -0.1) is 0 Å².